The first kappa shape index (κ1) is 20.6. The van der Waals surface area contributed by atoms with Crippen LogP contribution in [0.2, 0.25) is 0 Å². The molecule has 152 valence electrons. The van der Waals surface area contributed by atoms with Crippen LogP contribution in [0.15, 0.2) is 24.3 Å². The fraction of sp³-hybridized carbons (Fsp3) is 0.478. The summed E-state index contributed by atoms with van der Waals surface area (Å²) in [5, 5.41) is 20.0. The van der Waals surface area contributed by atoms with E-state index in [9.17, 15) is 10.2 Å². The molecule has 0 aromatic heterocycles. The molecule has 2 saturated heterocycles. The Labute approximate surface area is 166 Å². The minimum Gasteiger partial charge on any atom is -0.507 e. The number of aromatic hydroxyl groups is 2. The quantitative estimate of drug-likeness (QED) is 0.740. The molecule has 0 bridgehead atoms. The Morgan fingerprint density at radius 1 is 0.786 bits per heavy atom. The van der Waals surface area contributed by atoms with Crippen molar-refractivity contribution in [3.05, 3.63) is 57.6 Å². The van der Waals surface area contributed by atoms with Crippen LogP contribution in [0.25, 0.3) is 0 Å². The number of rotatable bonds is 6. The van der Waals surface area contributed by atoms with Crippen molar-refractivity contribution >= 4 is 0 Å². The van der Waals surface area contributed by atoms with Gasteiger partial charge in [-0.05, 0) is 67.5 Å². The topological polar surface area (TPSA) is 74.8 Å². The number of aryl methyl sites for hydroxylation is 2. The van der Waals surface area contributed by atoms with Gasteiger partial charge in [0.1, 0.15) is 23.7 Å². The van der Waals surface area contributed by atoms with E-state index in [0.29, 0.717) is 23.7 Å². The predicted octanol–water partition coefficient (Wildman–Crippen LogP) is 3.72. The highest BCUT2D eigenvalue weighted by molar-refractivity contribution is 5.49. The predicted molar refractivity (Wildman–Crippen MR) is 108 cm³/mol. The Kier molecular flexibility index (Phi) is 6.60. The van der Waals surface area contributed by atoms with Gasteiger partial charge in [-0.3, -0.25) is 0 Å². The van der Waals surface area contributed by atoms with Crippen molar-refractivity contribution in [2.24, 2.45) is 0 Å². The maximum atomic E-state index is 9.98. The van der Waals surface area contributed by atoms with E-state index in [1.807, 2.05) is 52.0 Å². The zero-order chi connectivity index (χ0) is 20.3. The molecule has 0 amide bonds. The maximum absolute atomic E-state index is 9.98. The van der Waals surface area contributed by atoms with Crippen molar-refractivity contribution in [2.45, 2.75) is 46.3 Å². The summed E-state index contributed by atoms with van der Waals surface area (Å²) in [5.74, 6) is 0.734. The molecule has 2 atom stereocenters. The van der Waals surface area contributed by atoms with Crippen LogP contribution in [0.1, 0.15) is 33.4 Å². The van der Waals surface area contributed by atoms with E-state index in [-0.39, 0.29) is 0 Å². The van der Waals surface area contributed by atoms with Crippen molar-refractivity contribution in [3.63, 3.8) is 0 Å². The molecule has 5 nitrogen and oxygen atoms in total. The van der Waals surface area contributed by atoms with Crippen LogP contribution >= 0.6 is 0 Å². The number of phenolic OH excluding ortho intramolecular Hbond substituents is 2. The molecule has 2 aliphatic rings. The van der Waals surface area contributed by atoms with Gasteiger partial charge in [-0.15, -0.1) is 0 Å². The zero-order valence-electron chi connectivity index (χ0n) is 17.1. The molecule has 0 saturated carbocycles. The SMILES string of the molecule is C(OCC1CO1)C1CO1.Cc1ccc(Cc2ccc(C)c(O)c2C)c(C)c1O. The van der Waals surface area contributed by atoms with Crippen molar-refractivity contribution in [3.8, 4) is 11.5 Å². The number of hydrogen-bond donors (Lipinski definition) is 2. The zero-order valence-corrected chi connectivity index (χ0v) is 17.1. The summed E-state index contributed by atoms with van der Waals surface area (Å²) < 4.78 is 15.1. The molecule has 4 rings (SSSR count). The van der Waals surface area contributed by atoms with E-state index in [2.05, 4.69) is 0 Å². The minimum atomic E-state index is 0.367. The lowest BCUT2D eigenvalue weighted by molar-refractivity contribution is 0.102. The van der Waals surface area contributed by atoms with Gasteiger partial charge in [0.2, 0.25) is 0 Å². The van der Waals surface area contributed by atoms with Crippen LogP contribution in [0.5, 0.6) is 11.5 Å². The maximum Gasteiger partial charge on any atom is 0.121 e. The summed E-state index contributed by atoms with van der Waals surface area (Å²) in [5.41, 5.74) is 5.80. The van der Waals surface area contributed by atoms with Crippen molar-refractivity contribution in [1.82, 2.24) is 0 Å². The minimum absolute atomic E-state index is 0.367. The second kappa shape index (κ2) is 8.95. The smallest absolute Gasteiger partial charge is 0.121 e. The molecule has 2 fully saturated rings. The first-order valence-electron chi connectivity index (χ1n) is 9.73. The van der Waals surface area contributed by atoms with Gasteiger partial charge in [-0.25, -0.2) is 0 Å². The lowest BCUT2D eigenvalue weighted by atomic mass is 9.94. The standard InChI is InChI=1S/C17H20O2.C6H10O3/c1-10-5-7-14(12(3)16(10)18)9-15-8-6-11(2)17(19)13(15)4;1(5-3-8-5)7-2-6-4-9-6/h5-8,18-19H,9H2,1-4H3;5-6H,1-4H2. The van der Waals surface area contributed by atoms with Crippen LogP contribution in [0.3, 0.4) is 0 Å². The van der Waals surface area contributed by atoms with Gasteiger partial charge < -0.3 is 24.4 Å². The summed E-state index contributed by atoms with van der Waals surface area (Å²) in [6, 6.07) is 7.95. The summed E-state index contributed by atoms with van der Waals surface area (Å²) >= 11 is 0. The highest BCUT2D eigenvalue weighted by Crippen LogP contribution is 2.30. The number of phenols is 2. The van der Waals surface area contributed by atoms with Gasteiger partial charge in [0.25, 0.3) is 0 Å². The fourth-order valence-corrected chi connectivity index (χ4v) is 3.00. The van der Waals surface area contributed by atoms with Crippen molar-refractivity contribution in [1.29, 1.82) is 0 Å². The first-order chi connectivity index (χ1) is 13.4. The second-order valence-electron chi connectivity index (χ2n) is 7.66. The molecule has 0 aliphatic carbocycles. The second-order valence-corrected chi connectivity index (χ2v) is 7.66. The highest BCUT2D eigenvalue weighted by atomic mass is 16.6. The normalized spacial score (nSPS) is 19.7. The molecule has 28 heavy (non-hydrogen) atoms. The van der Waals surface area contributed by atoms with Crippen LogP contribution in [-0.4, -0.2) is 48.8 Å². The average molecular weight is 386 g/mol. The Bertz CT molecular complexity index is 755. The van der Waals surface area contributed by atoms with Gasteiger partial charge in [-0.2, -0.15) is 0 Å². The lowest BCUT2D eigenvalue weighted by Crippen LogP contribution is -2.06. The fourth-order valence-electron chi connectivity index (χ4n) is 3.00. The van der Waals surface area contributed by atoms with E-state index >= 15 is 0 Å². The highest BCUT2D eigenvalue weighted by Gasteiger charge is 2.26. The molecule has 2 aliphatic heterocycles. The first-order valence-corrected chi connectivity index (χ1v) is 9.73. The van der Waals surface area contributed by atoms with Gasteiger partial charge in [-0.1, -0.05) is 24.3 Å². The van der Waals surface area contributed by atoms with E-state index in [1.165, 1.54) is 0 Å². The van der Waals surface area contributed by atoms with Crippen molar-refractivity contribution < 1.29 is 24.4 Å². The summed E-state index contributed by atoms with van der Waals surface area (Å²) in [6.07, 6.45) is 1.51. The number of hydrogen-bond acceptors (Lipinski definition) is 5. The number of epoxide rings is 2. The molecule has 2 aromatic carbocycles. The Balaban J connectivity index is 0.000000206. The average Bonchev–Trinajstić information content (AvgIpc) is 3.59. The molecule has 0 spiro atoms. The molecule has 2 aromatic rings. The monoisotopic (exact) mass is 386 g/mol. The summed E-state index contributed by atoms with van der Waals surface area (Å²) in [6.45, 7) is 10.9. The Morgan fingerprint density at radius 2 is 1.18 bits per heavy atom. The number of benzene rings is 2. The van der Waals surface area contributed by atoms with Crippen LogP contribution in [0.4, 0.5) is 0 Å². The third kappa shape index (κ3) is 5.47. The number of ether oxygens (including phenoxy) is 3. The van der Waals surface area contributed by atoms with E-state index in [4.69, 9.17) is 14.2 Å². The van der Waals surface area contributed by atoms with Gasteiger partial charge >= 0.3 is 0 Å². The molecule has 2 N–H and O–H groups in total. The molecule has 2 unspecified atom stereocenters. The van der Waals surface area contributed by atoms with Gasteiger partial charge in [0.15, 0.2) is 0 Å². The van der Waals surface area contributed by atoms with Crippen LogP contribution < -0.4 is 0 Å². The summed E-state index contributed by atoms with van der Waals surface area (Å²) in [4.78, 5) is 0. The Hall–Kier alpha value is -2.08. The van der Waals surface area contributed by atoms with Crippen LogP contribution in [0, 0.1) is 27.7 Å². The van der Waals surface area contributed by atoms with E-state index in [1.54, 1.807) is 0 Å². The molecule has 2 heterocycles. The molecule has 5 heteroatoms. The van der Waals surface area contributed by atoms with Crippen LogP contribution in [-0.2, 0) is 20.6 Å². The third-order valence-corrected chi connectivity index (χ3v) is 5.28. The molecule has 0 radical (unpaired) electrons. The van der Waals surface area contributed by atoms with Gasteiger partial charge in [0.05, 0.1) is 26.4 Å². The largest absolute Gasteiger partial charge is 0.507 e. The van der Waals surface area contributed by atoms with Crippen molar-refractivity contribution in [2.75, 3.05) is 26.4 Å². The van der Waals surface area contributed by atoms with E-state index < -0.39 is 0 Å². The summed E-state index contributed by atoms with van der Waals surface area (Å²) in [7, 11) is 0. The van der Waals surface area contributed by atoms with Gasteiger partial charge in [0, 0.05) is 0 Å². The third-order valence-electron chi connectivity index (χ3n) is 5.28. The Morgan fingerprint density at radius 3 is 1.54 bits per heavy atom. The van der Waals surface area contributed by atoms with E-state index in [0.717, 1.165) is 66.2 Å². The molecular weight excluding hydrogens is 356 g/mol. The molecular formula is C23H30O5. The lowest BCUT2D eigenvalue weighted by Gasteiger charge is -2.13.